The molecule has 3 aromatic rings. The predicted molar refractivity (Wildman–Crippen MR) is 171 cm³/mol. The number of urea groups is 1. The number of para-hydroxylation sites is 1. The van der Waals surface area contributed by atoms with Crippen molar-refractivity contribution in [2.45, 2.75) is 81.7 Å². The van der Waals surface area contributed by atoms with Gasteiger partial charge in [-0.2, -0.15) is 11.8 Å². The largest absolute Gasteiger partial charge is 0.342 e. The van der Waals surface area contributed by atoms with Crippen LogP contribution in [0, 0.1) is 0 Å². The number of unbranched alkanes of at least 4 members (excludes halogenated alkanes) is 3. The summed E-state index contributed by atoms with van der Waals surface area (Å²) in [6, 6.07) is 16.4. The molecule has 0 saturated carbocycles. The molecule has 5 rings (SSSR count). The number of hydrogen-bond acceptors (Lipinski definition) is 5. The van der Waals surface area contributed by atoms with Crippen molar-refractivity contribution < 1.29 is 14.4 Å². The molecule has 3 atom stereocenters. The number of aliphatic imine (C=N–C) groups is 1. The maximum absolute atomic E-state index is 12.3. The van der Waals surface area contributed by atoms with Crippen LogP contribution in [0.5, 0.6) is 0 Å². The van der Waals surface area contributed by atoms with Crippen LogP contribution in [0.1, 0.15) is 68.9 Å². The maximum Gasteiger partial charge on any atom is 0.315 e. The van der Waals surface area contributed by atoms with Crippen LogP contribution in [-0.2, 0) is 16.1 Å². The Hall–Kier alpha value is -3.32. The summed E-state index contributed by atoms with van der Waals surface area (Å²) in [5.41, 5.74) is 3.60. The van der Waals surface area contributed by atoms with Gasteiger partial charge in [0.15, 0.2) is 0 Å². The molecule has 2 saturated heterocycles. The van der Waals surface area contributed by atoms with Gasteiger partial charge >= 0.3 is 6.03 Å². The van der Waals surface area contributed by atoms with Gasteiger partial charge in [0.05, 0.1) is 12.1 Å². The van der Waals surface area contributed by atoms with Crippen LogP contribution in [-0.4, -0.2) is 51.6 Å². The smallest absolute Gasteiger partial charge is 0.315 e. The summed E-state index contributed by atoms with van der Waals surface area (Å²) < 4.78 is 2.18. The van der Waals surface area contributed by atoms with Gasteiger partial charge < -0.3 is 15.2 Å². The van der Waals surface area contributed by atoms with E-state index in [1.807, 2.05) is 54.1 Å². The van der Waals surface area contributed by atoms with Crippen molar-refractivity contribution in [2.75, 3.05) is 5.75 Å². The fraction of sp³-hybridized carbons (Fsp3) is 0.424. The molecule has 0 aliphatic carbocycles. The standard InChI is InChI=1S/C33H37ClN4O3S/c34-25-16-14-23(15-17-25)19-38-20-24(28-11-5-6-12-30(28)38)18-35-26(21-39)8-2-1-3-9-27(40)10-4-7-13-31-32-29(22-42-31)36-33(41)37-32/h5-6,11-12,14-18,20,29,31-32H,1-4,7-10,13,19,22H2,(H2,36,37,41). The molecule has 0 bridgehead atoms. The summed E-state index contributed by atoms with van der Waals surface area (Å²) >= 11 is 7.96. The van der Waals surface area contributed by atoms with Crippen LogP contribution in [0.15, 0.2) is 65.4 Å². The molecule has 2 aliphatic rings. The highest BCUT2D eigenvalue weighted by molar-refractivity contribution is 8.00. The number of carbonyl (C=O) groups excluding carboxylic acids is 3. The number of amides is 2. The first-order valence-corrected chi connectivity index (χ1v) is 16.2. The van der Waals surface area contributed by atoms with Crippen LogP contribution >= 0.6 is 23.4 Å². The van der Waals surface area contributed by atoms with E-state index in [1.165, 1.54) is 0 Å². The lowest BCUT2D eigenvalue weighted by Crippen LogP contribution is -2.36. The fourth-order valence-corrected chi connectivity index (χ4v) is 7.48. The number of carbonyl (C=O) groups is 2. The van der Waals surface area contributed by atoms with Crippen LogP contribution in [0.4, 0.5) is 4.79 Å². The van der Waals surface area contributed by atoms with E-state index in [0.717, 1.165) is 66.3 Å². The molecule has 7 nitrogen and oxygen atoms in total. The Bertz CT molecular complexity index is 1480. The van der Waals surface area contributed by atoms with Crippen LogP contribution in [0.2, 0.25) is 5.02 Å². The molecular weight excluding hydrogens is 568 g/mol. The second kappa shape index (κ2) is 14.7. The number of hydrogen-bond donors (Lipinski definition) is 2. The zero-order valence-corrected chi connectivity index (χ0v) is 25.3. The summed E-state index contributed by atoms with van der Waals surface area (Å²) in [6.07, 6.45) is 11.0. The molecule has 2 N–H and O–H groups in total. The summed E-state index contributed by atoms with van der Waals surface area (Å²) in [4.78, 5) is 39.9. The Kier molecular flexibility index (Phi) is 10.6. The average Bonchev–Trinajstić information content (AvgIpc) is 3.66. The molecule has 2 aromatic carbocycles. The molecule has 2 amide bonds. The monoisotopic (exact) mass is 604 g/mol. The van der Waals surface area contributed by atoms with E-state index in [0.29, 0.717) is 47.6 Å². The summed E-state index contributed by atoms with van der Waals surface area (Å²) in [6.45, 7) is 0.707. The molecule has 1 aromatic heterocycles. The van der Waals surface area contributed by atoms with Gasteiger partial charge in [0, 0.05) is 70.7 Å². The van der Waals surface area contributed by atoms with E-state index in [2.05, 4.69) is 38.5 Å². The van der Waals surface area contributed by atoms with Crippen molar-refractivity contribution in [3.63, 3.8) is 0 Å². The molecule has 9 heteroatoms. The second-order valence-electron chi connectivity index (χ2n) is 11.1. The van der Waals surface area contributed by atoms with E-state index < -0.39 is 0 Å². The molecule has 220 valence electrons. The first-order valence-electron chi connectivity index (χ1n) is 14.8. The van der Waals surface area contributed by atoms with Gasteiger partial charge in [-0.15, -0.1) is 0 Å². The minimum atomic E-state index is -0.0532. The highest BCUT2D eigenvalue weighted by Gasteiger charge is 2.42. The zero-order chi connectivity index (χ0) is 29.3. The van der Waals surface area contributed by atoms with Gasteiger partial charge in [-0.3, -0.25) is 4.79 Å². The summed E-state index contributed by atoms with van der Waals surface area (Å²) in [5, 5.41) is 8.23. The van der Waals surface area contributed by atoms with Crippen molar-refractivity contribution in [1.82, 2.24) is 15.2 Å². The van der Waals surface area contributed by atoms with Crippen LogP contribution < -0.4 is 10.6 Å². The predicted octanol–water partition coefficient (Wildman–Crippen LogP) is 6.72. The lowest BCUT2D eigenvalue weighted by molar-refractivity contribution is -0.119. The van der Waals surface area contributed by atoms with E-state index in [1.54, 1.807) is 6.21 Å². The third kappa shape index (κ3) is 7.94. The number of allylic oxidation sites excluding steroid dienone is 1. The number of thioether (sulfide) groups is 1. The van der Waals surface area contributed by atoms with E-state index in [9.17, 15) is 14.4 Å². The minimum Gasteiger partial charge on any atom is -0.342 e. The molecular formula is C33H37ClN4O3S. The first-order chi connectivity index (χ1) is 20.5. The normalized spacial score (nSPS) is 19.5. The van der Waals surface area contributed by atoms with Crippen molar-refractivity contribution in [1.29, 1.82) is 0 Å². The Labute approximate surface area is 256 Å². The van der Waals surface area contributed by atoms with Gasteiger partial charge in [0.25, 0.3) is 0 Å². The lowest BCUT2D eigenvalue weighted by Gasteiger charge is -2.16. The van der Waals surface area contributed by atoms with Gasteiger partial charge in [-0.1, -0.05) is 54.8 Å². The Morgan fingerprint density at radius 2 is 1.79 bits per heavy atom. The number of nitrogens with zero attached hydrogens (tertiary/aromatic N) is 2. The Morgan fingerprint density at radius 1 is 1.02 bits per heavy atom. The van der Waals surface area contributed by atoms with Crippen LogP contribution in [0.25, 0.3) is 10.9 Å². The van der Waals surface area contributed by atoms with Crippen LogP contribution in [0.3, 0.4) is 0 Å². The van der Waals surface area contributed by atoms with Crippen molar-refractivity contribution in [2.24, 2.45) is 4.99 Å². The number of rotatable bonds is 15. The van der Waals surface area contributed by atoms with Crippen molar-refractivity contribution >= 4 is 58.2 Å². The first kappa shape index (κ1) is 30.1. The zero-order valence-electron chi connectivity index (χ0n) is 23.7. The van der Waals surface area contributed by atoms with Gasteiger partial charge in [0.1, 0.15) is 17.4 Å². The molecule has 3 unspecified atom stereocenters. The Balaban J connectivity index is 1.01. The van der Waals surface area contributed by atoms with Crippen molar-refractivity contribution in [3.05, 3.63) is 76.6 Å². The average molecular weight is 605 g/mol. The topological polar surface area (TPSA) is 92.6 Å². The number of aromatic nitrogens is 1. The lowest BCUT2D eigenvalue weighted by atomic mass is 10.0. The SMILES string of the molecule is O=C=C(CCCCCC(=O)CCCCC1SCC2NC(=O)NC21)N=Cc1cn(Cc2ccc(Cl)cc2)c2ccccc12. The molecule has 3 heterocycles. The highest BCUT2D eigenvalue weighted by atomic mass is 35.5. The van der Waals surface area contributed by atoms with E-state index in [-0.39, 0.29) is 18.1 Å². The quantitative estimate of drug-likeness (QED) is 0.0871. The molecule has 0 radical (unpaired) electrons. The molecule has 42 heavy (non-hydrogen) atoms. The Morgan fingerprint density at radius 3 is 2.60 bits per heavy atom. The van der Waals surface area contributed by atoms with Gasteiger partial charge in [-0.05, 0) is 49.4 Å². The number of halogens is 1. The summed E-state index contributed by atoms with van der Waals surface area (Å²) in [7, 11) is 0. The van der Waals surface area contributed by atoms with E-state index in [4.69, 9.17) is 11.6 Å². The maximum atomic E-state index is 12.3. The minimum absolute atomic E-state index is 0.0532. The number of ketones is 1. The molecule has 2 aliphatic heterocycles. The number of nitrogens with one attached hydrogen (secondary N) is 2. The third-order valence-electron chi connectivity index (χ3n) is 8.06. The molecule has 2 fully saturated rings. The highest BCUT2D eigenvalue weighted by Crippen LogP contribution is 2.33. The third-order valence-corrected chi connectivity index (χ3v) is 9.83. The number of benzene rings is 2. The number of Topliss-reactive ketones (excluding diaryl/α,β-unsaturated/α-hetero) is 1. The van der Waals surface area contributed by atoms with E-state index >= 15 is 0 Å². The fourth-order valence-electron chi connectivity index (χ4n) is 5.81. The van der Waals surface area contributed by atoms with Gasteiger partial charge in [-0.25, -0.2) is 14.6 Å². The molecule has 0 spiro atoms. The summed E-state index contributed by atoms with van der Waals surface area (Å²) in [5.74, 6) is 3.27. The van der Waals surface area contributed by atoms with Gasteiger partial charge in [0.2, 0.25) is 0 Å². The van der Waals surface area contributed by atoms with Crippen molar-refractivity contribution in [3.8, 4) is 0 Å². The second-order valence-corrected chi connectivity index (χ2v) is 12.8. The number of fused-ring (bicyclic) bond motifs is 2.